The summed E-state index contributed by atoms with van der Waals surface area (Å²) < 4.78 is 40.4. The van der Waals surface area contributed by atoms with Gasteiger partial charge in [-0.3, -0.25) is 4.79 Å². The van der Waals surface area contributed by atoms with Gasteiger partial charge in [0, 0.05) is 23.0 Å². The molecule has 17 heavy (non-hydrogen) atoms. The van der Waals surface area contributed by atoms with Crippen LogP contribution in [0.15, 0.2) is 16.6 Å². The highest BCUT2D eigenvalue weighted by atomic mass is 79.9. The number of rotatable bonds is 1. The number of anilines is 1. The standard InChI is InChI=1S/C10H7BrF3NO2/c11-7-4-5(17-10(12,13)14)3-6-8(16)1-2-15-9(6)7/h3-4,15H,1-2H2. The Bertz CT molecular complexity index is 473. The first-order valence-electron chi connectivity index (χ1n) is 4.73. The summed E-state index contributed by atoms with van der Waals surface area (Å²) in [5.74, 6) is -0.604. The second kappa shape index (κ2) is 4.21. The minimum Gasteiger partial charge on any atom is -0.406 e. The van der Waals surface area contributed by atoms with Crippen LogP contribution >= 0.6 is 15.9 Å². The van der Waals surface area contributed by atoms with Crippen LogP contribution in [0.25, 0.3) is 0 Å². The van der Waals surface area contributed by atoms with Gasteiger partial charge in [0.1, 0.15) is 5.75 Å². The van der Waals surface area contributed by atoms with Crippen LogP contribution in [0.5, 0.6) is 5.75 Å². The van der Waals surface area contributed by atoms with Crippen LogP contribution < -0.4 is 10.1 Å². The van der Waals surface area contributed by atoms with Gasteiger partial charge in [0.05, 0.1) is 5.69 Å². The average Bonchev–Trinajstić information content (AvgIpc) is 2.17. The van der Waals surface area contributed by atoms with Gasteiger partial charge in [-0.2, -0.15) is 0 Å². The molecule has 7 heteroatoms. The molecule has 0 spiro atoms. The largest absolute Gasteiger partial charge is 0.573 e. The average molecular weight is 310 g/mol. The van der Waals surface area contributed by atoms with Gasteiger partial charge in [-0.15, -0.1) is 13.2 Å². The Morgan fingerprint density at radius 2 is 2.06 bits per heavy atom. The number of carbonyl (C=O) groups excluding carboxylic acids is 1. The Morgan fingerprint density at radius 1 is 1.35 bits per heavy atom. The van der Waals surface area contributed by atoms with E-state index in [-0.39, 0.29) is 17.8 Å². The van der Waals surface area contributed by atoms with Crippen molar-refractivity contribution in [3.63, 3.8) is 0 Å². The molecule has 1 aliphatic rings. The van der Waals surface area contributed by atoms with Crippen molar-refractivity contribution in [2.45, 2.75) is 12.8 Å². The number of Topliss-reactive ketones (excluding diaryl/α,β-unsaturated/α-hetero) is 1. The lowest BCUT2D eigenvalue weighted by Crippen LogP contribution is -2.20. The van der Waals surface area contributed by atoms with Crippen molar-refractivity contribution in [1.29, 1.82) is 0 Å². The molecule has 0 aliphatic carbocycles. The van der Waals surface area contributed by atoms with E-state index < -0.39 is 12.1 Å². The molecule has 1 heterocycles. The van der Waals surface area contributed by atoms with Gasteiger partial charge in [-0.1, -0.05) is 0 Å². The number of hydrogen-bond acceptors (Lipinski definition) is 3. The molecule has 0 bridgehead atoms. The minimum absolute atomic E-state index is 0.202. The van der Waals surface area contributed by atoms with Crippen molar-refractivity contribution in [2.24, 2.45) is 0 Å². The number of ether oxygens (including phenoxy) is 1. The molecule has 0 radical (unpaired) electrons. The summed E-state index contributed by atoms with van der Waals surface area (Å²) in [4.78, 5) is 11.6. The van der Waals surface area contributed by atoms with Gasteiger partial charge < -0.3 is 10.1 Å². The van der Waals surface area contributed by atoms with Crippen molar-refractivity contribution in [1.82, 2.24) is 0 Å². The van der Waals surface area contributed by atoms with Gasteiger partial charge in [-0.25, -0.2) is 0 Å². The van der Waals surface area contributed by atoms with Crippen LogP contribution in [0, 0.1) is 0 Å². The zero-order chi connectivity index (χ0) is 12.6. The summed E-state index contributed by atoms with van der Waals surface area (Å²) in [7, 11) is 0. The minimum atomic E-state index is -4.77. The van der Waals surface area contributed by atoms with Gasteiger partial charge in [0.25, 0.3) is 0 Å². The maximum Gasteiger partial charge on any atom is 0.573 e. The van der Waals surface area contributed by atoms with Gasteiger partial charge in [-0.05, 0) is 28.1 Å². The number of carbonyl (C=O) groups is 1. The number of benzene rings is 1. The van der Waals surface area contributed by atoms with E-state index in [2.05, 4.69) is 26.0 Å². The van der Waals surface area contributed by atoms with E-state index in [9.17, 15) is 18.0 Å². The molecule has 0 unspecified atom stereocenters. The van der Waals surface area contributed by atoms with E-state index in [1.165, 1.54) is 6.07 Å². The SMILES string of the molecule is O=C1CCNc2c(Br)cc(OC(F)(F)F)cc21. The summed E-state index contributed by atoms with van der Waals surface area (Å²) >= 11 is 3.11. The van der Waals surface area contributed by atoms with Crippen LogP contribution in [0.3, 0.4) is 0 Å². The number of fused-ring (bicyclic) bond motifs is 1. The molecule has 0 saturated heterocycles. The van der Waals surface area contributed by atoms with E-state index in [4.69, 9.17) is 0 Å². The fraction of sp³-hybridized carbons (Fsp3) is 0.300. The smallest absolute Gasteiger partial charge is 0.406 e. The van der Waals surface area contributed by atoms with E-state index >= 15 is 0 Å². The van der Waals surface area contributed by atoms with Crippen LogP contribution in [-0.4, -0.2) is 18.7 Å². The summed E-state index contributed by atoms with van der Waals surface area (Å²) in [6, 6.07) is 2.28. The Morgan fingerprint density at radius 3 is 2.71 bits per heavy atom. The molecule has 3 nitrogen and oxygen atoms in total. The molecule has 1 aromatic rings. The van der Waals surface area contributed by atoms with Gasteiger partial charge in [0.2, 0.25) is 0 Å². The highest BCUT2D eigenvalue weighted by Gasteiger charge is 2.32. The summed E-state index contributed by atoms with van der Waals surface area (Å²) in [6.07, 6.45) is -4.51. The van der Waals surface area contributed by atoms with Crippen LogP contribution in [0.1, 0.15) is 16.8 Å². The number of hydrogen-bond donors (Lipinski definition) is 1. The molecule has 2 rings (SSSR count). The zero-order valence-electron chi connectivity index (χ0n) is 8.40. The molecule has 1 aliphatic heterocycles. The third-order valence-electron chi connectivity index (χ3n) is 2.25. The number of halogens is 4. The van der Waals surface area contributed by atoms with Crippen LogP contribution in [0.2, 0.25) is 0 Å². The van der Waals surface area contributed by atoms with Crippen molar-refractivity contribution in [3.05, 3.63) is 22.2 Å². The highest BCUT2D eigenvalue weighted by molar-refractivity contribution is 9.10. The monoisotopic (exact) mass is 309 g/mol. The summed E-state index contributed by atoms with van der Waals surface area (Å²) in [5.41, 5.74) is 0.723. The number of nitrogens with one attached hydrogen (secondary N) is 1. The third kappa shape index (κ3) is 2.71. The Kier molecular flexibility index (Phi) is 3.03. The third-order valence-corrected chi connectivity index (χ3v) is 2.88. The molecule has 0 amide bonds. The fourth-order valence-corrected chi connectivity index (χ4v) is 2.19. The Labute approximate surface area is 103 Å². The lowest BCUT2D eigenvalue weighted by Gasteiger charge is -2.20. The summed E-state index contributed by atoms with van der Waals surface area (Å²) in [6.45, 7) is 0.476. The van der Waals surface area contributed by atoms with E-state index in [0.29, 0.717) is 16.7 Å². The molecular formula is C10H7BrF3NO2. The molecule has 1 aromatic carbocycles. The van der Waals surface area contributed by atoms with Crippen molar-refractivity contribution in [2.75, 3.05) is 11.9 Å². The topological polar surface area (TPSA) is 38.3 Å². The molecule has 0 atom stereocenters. The first-order chi connectivity index (χ1) is 7.87. The van der Waals surface area contributed by atoms with E-state index in [1.54, 1.807) is 0 Å². The van der Waals surface area contributed by atoms with Crippen molar-refractivity contribution in [3.8, 4) is 5.75 Å². The summed E-state index contributed by atoms with van der Waals surface area (Å²) in [5, 5.41) is 2.95. The van der Waals surface area contributed by atoms with Crippen LogP contribution in [0.4, 0.5) is 18.9 Å². The lowest BCUT2D eigenvalue weighted by molar-refractivity contribution is -0.274. The molecule has 92 valence electrons. The first kappa shape index (κ1) is 12.2. The fourth-order valence-electron chi connectivity index (χ4n) is 1.61. The quantitative estimate of drug-likeness (QED) is 0.864. The Hall–Kier alpha value is -1.24. The molecular weight excluding hydrogens is 303 g/mol. The van der Waals surface area contributed by atoms with Crippen molar-refractivity contribution < 1.29 is 22.7 Å². The maximum atomic E-state index is 12.1. The van der Waals surface area contributed by atoms with Crippen molar-refractivity contribution >= 4 is 27.4 Å². The molecule has 1 N–H and O–H groups in total. The normalized spacial score (nSPS) is 15.2. The second-order valence-electron chi connectivity index (χ2n) is 3.48. The molecule has 0 fully saturated rings. The predicted octanol–water partition coefficient (Wildman–Crippen LogP) is 3.35. The van der Waals surface area contributed by atoms with E-state index in [1.807, 2.05) is 0 Å². The van der Waals surface area contributed by atoms with Gasteiger partial charge >= 0.3 is 6.36 Å². The predicted molar refractivity (Wildman–Crippen MR) is 58.3 cm³/mol. The lowest BCUT2D eigenvalue weighted by atomic mass is 10.0. The van der Waals surface area contributed by atoms with Gasteiger partial charge in [0.15, 0.2) is 5.78 Å². The molecule has 0 aromatic heterocycles. The van der Waals surface area contributed by atoms with Crippen LogP contribution in [-0.2, 0) is 0 Å². The molecule has 0 saturated carbocycles. The zero-order valence-corrected chi connectivity index (χ0v) is 9.98. The highest BCUT2D eigenvalue weighted by Crippen LogP contribution is 2.36. The number of ketones is 1. The number of alkyl halides is 3. The van der Waals surface area contributed by atoms with E-state index in [0.717, 1.165) is 6.07 Å². The second-order valence-corrected chi connectivity index (χ2v) is 4.33. The first-order valence-corrected chi connectivity index (χ1v) is 5.52. The maximum absolute atomic E-state index is 12.1. The Balaban J connectivity index is 2.42.